The maximum absolute atomic E-state index is 12.4. The summed E-state index contributed by atoms with van der Waals surface area (Å²) >= 11 is 0. The number of benzene rings is 1. The predicted octanol–water partition coefficient (Wildman–Crippen LogP) is 1.01. The van der Waals surface area contributed by atoms with Crippen molar-refractivity contribution in [2.75, 3.05) is 27.1 Å². The molecule has 1 aliphatic rings. The van der Waals surface area contributed by atoms with Gasteiger partial charge in [0, 0.05) is 12.7 Å². The van der Waals surface area contributed by atoms with Gasteiger partial charge in [0.15, 0.2) is 5.78 Å². The van der Waals surface area contributed by atoms with Crippen molar-refractivity contribution >= 4 is 11.7 Å². The molecule has 1 aromatic rings. The molecule has 1 amide bonds. The van der Waals surface area contributed by atoms with Gasteiger partial charge >= 0.3 is 0 Å². The lowest BCUT2D eigenvalue weighted by molar-refractivity contribution is -0.151. The van der Waals surface area contributed by atoms with Crippen molar-refractivity contribution in [1.29, 1.82) is 0 Å². The summed E-state index contributed by atoms with van der Waals surface area (Å²) in [7, 11) is 1.59. The summed E-state index contributed by atoms with van der Waals surface area (Å²) in [5.41, 5.74) is 0.584. The summed E-state index contributed by atoms with van der Waals surface area (Å²) in [5, 5.41) is 2.65. The van der Waals surface area contributed by atoms with Crippen molar-refractivity contribution in [2.45, 2.75) is 19.1 Å². The molecule has 0 bridgehead atoms. The average Bonchev–Trinajstić information content (AvgIpc) is 2.52. The second-order valence-electron chi connectivity index (χ2n) is 5.13. The summed E-state index contributed by atoms with van der Waals surface area (Å²) in [6.07, 6.45) is -0.394. The van der Waals surface area contributed by atoms with Gasteiger partial charge in [0.1, 0.15) is 12.8 Å². The van der Waals surface area contributed by atoms with Gasteiger partial charge in [-0.2, -0.15) is 0 Å². The molecule has 0 saturated carbocycles. The number of ether oxygens (including phenoxy) is 3. The first-order valence-corrected chi connectivity index (χ1v) is 7.23. The highest BCUT2D eigenvalue weighted by Gasteiger charge is 2.47. The van der Waals surface area contributed by atoms with Crippen molar-refractivity contribution < 1.29 is 23.8 Å². The van der Waals surface area contributed by atoms with Gasteiger partial charge in [-0.1, -0.05) is 30.3 Å². The molecule has 1 aromatic carbocycles. The molecule has 3 atom stereocenters. The number of β-lactam (4-membered cyclic amide) rings is 1. The maximum atomic E-state index is 12.4. The highest BCUT2D eigenvalue weighted by atomic mass is 16.7. The van der Waals surface area contributed by atoms with Crippen LogP contribution in [0.2, 0.25) is 0 Å². The zero-order chi connectivity index (χ0) is 15.9. The van der Waals surface area contributed by atoms with Crippen LogP contribution < -0.4 is 5.32 Å². The van der Waals surface area contributed by atoms with Gasteiger partial charge in [-0.15, -0.1) is 0 Å². The Morgan fingerprint density at radius 3 is 2.64 bits per heavy atom. The fourth-order valence-electron chi connectivity index (χ4n) is 2.35. The smallest absolute Gasteiger partial charge is 0.228 e. The van der Waals surface area contributed by atoms with Gasteiger partial charge in [0.2, 0.25) is 5.91 Å². The lowest BCUT2D eigenvalue weighted by Crippen LogP contribution is -2.65. The second kappa shape index (κ2) is 8.03. The Balaban J connectivity index is 1.86. The topological polar surface area (TPSA) is 73.9 Å². The number of amides is 1. The molecule has 0 radical (unpaired) electrons. The molecule has 1 N–H and O–H groups in total. The minimum Gasteiger partial charge on any atom is -0.382 e. The number of carbonyl (C=O) groups is 2. The number of hydrogen-bond donors (Lipinski definition) is 1. The van der Waals surface area contributed by atoms with Gasteiger partial charge in [-0.25, -0.2) is 0 Å². The van der Waals surface area contributed by atoms with Crippen molar-refractivity contribution in [3.8, 4) is 0 Å². The zero-order valence-electron chi connectivity index (χ0n) is 12.8. The van der Waals surface area contributed by atoms with E-state index < -0.39 is 18.1 Å². The molecule has 120 valence electrons. The van der Waals surface area contributed by atoms with E-state index in [9.17, 15) is 9.59 Å². The van der Waals surface area contributed by atoms with E-state index in [4.69, 9.17) is 14.2 Å². The summed E-state index contributed by atoms with van der Waals surface area (Å²) < 4.78 is 15.6. The number of hydrogen-bond acceptors (Lipinski definition) is 5. The molecular weight excluding hydrogens is 286 g/mol. The SMILES string of the molecule is COCCOCO[C@H](C)[C@H]1C(=O)N[C@@H]1C(=O)c1ccccc1. The molecule has 1 heterocycles. The first-order valence-electron chi connectivity index (χ1n) is 7.23. The third-order valence-electron chi connectivity index (χ3n) is 3.65. The number of Topliss-reactive ketones (excluding diaryl/α,β-unsaturated/α-hetero) is 1. The fraction of sp³-hybridized carbons (Fsp3) is 0.500. The van der Waals surface area contributed by atoms with E-state index in [0.717, 1.165) is 0 Å². The highest BCUT2D eigenvalue weighted by Crippen LogP contribution is 2.24. The van der Waals surface area contributed by atoms with E-state index in [1.54, 1.807) is 38.3 Å². The van der Waals surface area contributed by atoms with Crippen LogP contribution in [0.1, 0.15) is 17.3 Å². The molecule has 6 heteroatoms. The van der Waals surface area contributed by atoms with Crippen molar-refractivity contribution in [3.05, 3.63) is 35.9 Å². The van der Waals surface area contributed by atoms with Gasteiger partial charge in [-0.3, -0.25) is 9.59 Å². The molecule has 0 aromatic heterocycles. The maximum Gasteiger partial charge on any atom is 0.228 e. The lowest BCUT2D eigenvalue weighted by Gasteiger charge is -2.38. The minimum absolute atomic E-state index is 0.0700. The Bertz CT molecular complexity index is 505. The Hall–Kier alpha value is -1.76. The summed E-state index contributed by atoms with van der Waals surface area (Å²) in [6, 6.07) is 8.38. The summed E-state index contributed by atoms with van der Waals surface area (Å²) in [6.45, 7) is 2.75. The third kappa shape index (κ3) is 3.91. The first-order chi connectivity index (χ1) is 10.6. The number of methoxy groups -OCH3 is 1. The predicted molar refractivity (Wildman–Crippen MR) is 79.4 cm³/mol. The third-order valence-corrected chi connectivity index (χ3v) is 3.65. The van der Waals surface area contributed by atoms with Crippen molar-refractivity contribution in [3.63, 3.8) is 0 Å². The van der Waals surface area contributed by atoms with Crippen LogP contribution in [-0.2, 0) is 19.0 Å². The lowest BCUT2D eigenvalue weighted by atomic mass is 9.81. The largest absolute Gasteiger partial charge is 0.382 e. The zero-order valence-corrected chi connectivity index (χ0v) is 12.8. The number of rotatable bonds is 9. The molecule has 2 rings (SSSR count). The van der Waals surface area contributed by atoms with E-state index in [1.165, 1.54) is 0 Å². The van der Waals surface area contributed by atoms with Gasteiger partial charge in [-0.05, 0) is 6.92 Å². The molecule has 0 aliphatic carbocycles. The number of ketones is 1. The summed E-state index contributed by atoms with van der Waals surface area (Å²) in [4.78, 5) is 24.1. The van der Waals surface area contributed by atoms with Crippen LogP contribution in [-0.4, -0.2) is 51.0 Å². The van der Waals surface area contributed by atoms with Crippen LogP contribution in [0.15, 0.2) is 30.3 Å². The van der Waals surface area contributed by atoms with E-state index in [2.05, 4.69) is 5.32 Å². The monoisotopic (exact) mass is 307 g/mol. The van der Waals surface area contributed by atoms with Crippen LogP contribution in [0.3, 0.4) is 0 Å². The minimum atomic E-state index is -0.538. The fourth-order valence-corrected chi connectivity index (χ4v) is 2.35. The second-order valence-corrected chi connectivity index (χ2v) is 5.13. The molecule has 1 aliphatic heterocycles. The van der Waals surface area contributed by atoms with Crippen LogP contribution >= 0.6 is 0 Å². The van der Waals surface area contributed by atoms with Crippen LogP contribution in [0.4, 0.5) is 0 Å². The Morgan fingerprint density at radius 1 is 1.27 bits per heavy atom. The van der Waals surface area contributed by atoms with Crippen LogP contribution in [0, 0.1) is 5.92 Å². The normalized spacial score (nSPS) is 21.8. The molecule has 1 fully saturated rings. The quantitative estimate of drug-likeness (QED) is 0.319. The molecular formula is C16H21NO5. The van der Waals surface area contributed by atoms with E-state index in [-0.39, 0.29) is 18.5 Å². The summed E-state index contributed by atoms with van der Waals surface area (Å²) in [5.74, 6) is -0.752. The Kier molecular flexibility index (Phi) is 6.06. The van der Waals surface area contributed by atoms with Gasteiger partial charge in [0.25, 0.3) is 0 Å². The first kappa shape index (κ1) is 16.6. The van der Waals surface area contributed by atoms with Crippen LogP contribution in [0.5, 0.6) is 0 Å². The number of carbonyl (C=O) groups excluding carboxylic acids is 2. The molecule has 0 unspecified atom stereocenters. The van der Waals surface area contributed by atoms with E-state index in [1.807, 2.05) is 6.07 Å². The van der Waals surface area contributed by atoms with Crippen molar-refractivity contribution in [2.24, 2.45) is 5.92 Å². The average molecular weight is 307 g/mol. The molecule has 6 nitrogen and oxygen atoms in total. The molecule has 0 spiro atoms. The molecule has 22 heavy (non-hydrogen) atoms. The van der Waals surface area contributed by atoms with Crippen LogP contribution in [0.25, 0.3) is 0 Å². The number of nitrogens with one attached hydrogen (secondary N) is 1. The standard InChI is InChI=1S/C16H21NO5/c1-11(22-10-21-9-8-20-2)13-14(17-16(13)19)15(18)12-6-4-3-5-7-12/h3-7,11,13-14H,8-10H2,1-2H3,(H,17,19)/t11-,13-,14+/m1/s1. The Morgan fingerprint density at radius 2 is 2.00 bits per heavy atom. The Labute approximate surface area is 129 Å². The van der Waals surface area contributed by atoms with Crippen molar-refractivity contribution in [1.82, 2.24) is 5.32 Å². The van der Waals surface area contributed by atoms with E-state index >= 15 is 0 Å². The van der Waals surface area contributed by atoms with E-state index in [0.29, 0.717) is 18.8 Å². The molecule has 1 saturated heterocycles. The highest BCUT2D eigenvalue weighted by molar-refractivity contribution is 6.08. The van der Waals surface area contributed by atoms with Gasteiger partial charge < -0.3 is 19.5 Å². The van der Waals surface area contributed by atoms with Gasteiger partial charge in [0.05, 0.1) is 25.2 Å².